The predicted octanol–water partition coefficient (Wildman–Crippen LogP) is 4.88. The third-order valence-corrected chi connectivity index (χ3v) is 4.37. The third kappa shape index (κ3) is 7.61. The summed E-state index contributed by atoms with van der Waals surface area (Å²) in [6, 6.07) is 13.8. The molecule has 0 saturated heterocycles. The number of rotatable bonds is 3. The molecule has 2 N–H and O–H groups in total. The molecular formula is C14H10I3NO4Zn. The van der Waals surface area contributed by atoms with Gasteiger partial charge < -0.3 is 10.2 Å². The largest absolute Gasteiger partial charge is 0.478 e. The molecule has 0 fully saturated rings. The molecule has 0 aliphatic carbocycles. The number of carbonyl (C=O) groups is 2. The van der Waals surface area contributed by atoms with Gasteiger partial charge in [-0.2, -0.15) is 0 Å². The van der Waals surface area contributed by atoms with Gasteiger partial charge in [-0.15, -0.1) is 0 Å². The zero-order valence-electron chi connectivity index (χ0n) is 11.6. The third-order valence-electron chi connectivity index (χ3n) is 2.42. The fourth-order valence-electron chi connectivity index (χ4n) is 1.44. The summed E-state index contributed by atoms with van der Waals surface area (Å²) >= 11 is 6.82. The van der Waals surface area contributed by atoms with E-state index in [9.17, 15) is 9.59 Å². The van der Waals surface area contributed by atoms with Gasteiger partial charge in [0.15, 0.2) is 0 Å². The summed E-state index contributed by atoms with van der Waals surface area (Å²) in [5, 5.41) is 17.1. The van der Waals surface area contributed by atoms with Crippen molar-refractivity contribution in [2.45, 2.75) is 0 Å². The van der Waals surface area contributed by atoms with Crippen molar-refractivity contribution >= 4 is 85.9 Å². The minimum atomic E-state index is -1.23. The van der Waals surface area contributed by atoms with Gasteiger partial charge in [0.2, 0.25) is 0 Å². The van der Waals surface area contributed by atoms with Crippen LogP contribution >= 0.6 is 68.3 Å². The first-order valence-electron chi connectivity index (χ1n) is 5.76. The van der Waals surface area contributed by atoms with Gasteiger partial charge in [-0.05, 0) is 46.9 Å². The molecule has 9 heteroatoms. The van der Waals surface area contributed by atoms with E-state index >= 15 is 0 Å². The Hall–Kier alpha value is -0.00662. The van der Waals surface area contributed by atoms with Gasteiger partial charge in [0.05, 0.1) is 62.5 Å². The van der Waals surface area contributed by atoms with Crippen molar-refractivity contribution < 1.29 is 39.3 Å². The van der Waals surface area contributed by atoms with E-state index in [1.807, 2.05) is 12.1 Å². The molecule has 0 spiro atoms. The summed E-state index contributed by atoms with van der Waals surface area (Å²) in [7, 11) is 0. The van der Waals surface area contributed by atoms with Gasteiger partial charge in [-0.3, -0.25) is 1.33 Å². The number of halogens is 3. The minimum Gasteiger partial charge on any atom is -0.478 e. The Bertz CT molecular complexity index is 650. The maximum absolute atomic E-state index is 10.5. The van der Waals surface area contributed by atoms with Crippen LogP contribution in [-0.2, 0) is 19.5 Å². The molecule has 0 bridgehead atoms. The SMILES string of the molecule is Ic1ccccc1N(I)I.O=C(O)c1ccccc1C(=O)O.[Zn]. The number of nitrogens with zero attached hydrogens (tertiary/aromatic N) is 1. The van der Waals surface area contributed by atoms with Crippen molar-refractivity contribution in [3.8, 4) is 0 Å². The van der Waals surface area contributed by atoms with Crippen LogP contribution in [0.15, 0.2) is 48.5 Å². The smallest absolute Gasteiger partial charge is 0.336 e. The van der Waals surface area contributed by atoms with Crippen LogP contribution in [0.2, 0.25) is 0 Å². The first-order valence-corrected chi connectivity index (χ1v) is 8.77. The molecule has 0 aromatic heterocycles. The summed E-state index contributed by atoms with van der Waals surface area (Å²) in [4.78, 5) is 20.9. The monoisotopic (exact) mass is 701 g/mol. The predicted molar refractivity (Wildman–Crippen MR) is 110 cm³/mol. The topological polar surface area (TPSA) is 77.8 Å². The molecule has 0 saturated carbocycles. The Morgan fingerprint density at radius 3 is 1.52 bits per heavy atom. The molecular weight excluding hydrogens is 692 g/mol. The molecule has 2 aromatic carbocycles. The quantitative estimate of drug-likeness (QED) is 0.271. The Morgan fingerprint density at radius 1 is 0.826 bits per heavy atom. The van der Waals surface area contributed by atoms with Gasteiger partial charge in [0.1, 0.15) is 0 Å². The molecule has 23 heavy (non-hydrogen) atoms. The normalized spacial score (nSPS) is 9.00. The summed E-state index contributed by atoms with van der Waals surface area (Å²) in [5.41, 5.74) is 0.874. The van der Waals surface area contributed by atoms with Gasteiger partial charge in [0, 0.05) is 23.0 Å². The summed E-state index contributed by atoms with van der Waals surface area (Å²) in [6.45, 7) is 0. The maximum atomic E-state index is 10.5. The average molecular weight is 702 g/mol. The van der Waals surface area contributed by atoms with Crippen LogP contribution in [0.4, 0.5) is 5.69 Å². The van der Waals surface area contributed by atoms with Crippen LogP contribution in [0.3, 0.4) is 0 Å². The van der Waals surface area contributed by atoms with Crippen LogP contribution in [0.25, 0.3) is 0 Å². The van der Waals surface area contributed by atoms with Crippen molar-refractivity contribution in [1.82, 2.24) is 0 Å². The van der Waals surface area contributed by atoms with E-state index in [-0.39, 0.29) is 30.6 Å². The molecule has 0 heterocycles. The molecule has 0 aliphatic heterocycles. The molecule has 2 aromatic rings. The van der Waals surface area contributed by atoms with E-state index < -0.39 is 11.9 Å². The maximum Gasteiger partial charge on any atom is 0.336 e. The van der Waals surface area contributed by atoms with E-state index in [4.69, 9.17) is 10.2 Å². The van der Waals surface area contributed by atoms with Crippen LogP contribution in [0.1, 0.15) is 20.7 Å². The van der Waals surface area contributed by atoms with Gasteiger partial charge in [-0.1, -0.05) is 24.3 Å². The molecule has 0 unspecified atom stereocenters. The van der Waals surface area contributed by atoms with E-state index in [2.05, 4.69) is 81.8 Å². The molecule has 0 amide bonds. The van der Waals surface area contributed by atoms with Crippen LogP contribution in [-0.4, -0.2) is 22.2 Å². The van der Waals surface area contributed by atoms with Gasteiger partial charge >= 0.3 is 11.9 Å². The molecule has 0 aliphatic rings. The van der Waals surface area contributed by atoms with Crippen molar-refractivity contribution in [3.05, 3.63) is 63.2 Å². The average Bonchev–Trinajstić information content (AvgIpc) is 2.48. The van der Waals surface area contributed by atoms with Gasteiger partial charge in [0.25, 0.3) is 0 Å². The van der Waals surface area contributed by atoms with E-state index in [0.29, 0.717) is 0 Å². The molecule has 0 radical (unpaired) electrons. The number of aromatic carboxylic acids is 2. The molecule has 2 rings (SSSR count). The Kier molecular flexibility index (Phi) is 11.5. The summed E-state index contributed by atoms with van der Waals surface area (Å²) < 4.78 is 3.33. The van der Waals surface area contributed by atoms with Crippen molar-refractivity contribution in [2.75, 3.05) is 1.33 Å². The van der Waals surface area contributed by atoms with Crippen molar-refractivity contribution in [1.29, 1.82) is 0 Å². The van der Waals surface area contributed by atoms with Crippen LogP contribution in [0, 0.1) is 3.57 Å². The first-order chi connectivity index (χ1) is 10.3. The fourth-order valence-corrected chi connectivity index (χ4v) is 3.84. The Balaban J connectivity index is 0.000000409. The number of anilines is 1. The summed E-state index contributed by atoms with van der Waals surface area (Å²) in [5.74, 6) is -2.46. The van der Waals surface area contributed by atoms with E-state index in [1.165, 1.54) is 33.5 Å². The number of para-hydroxylation sites is 1. The van der Waals surface area contributed by atoms with E-state index in [1.54, 1.807) is 0 Å². The zero-order chi connectivity index (χ0) is 16.7. The molecule has 118 valence electrons. The number of hydrogen-bond donors (Lipinski definition) is 2. The molecule has 0 atom stereocenters. The second kappa shape index (κ2) is 11.5. The summed E-state index contributed by atoms with van der Waals surface area (Å²) in [6.07, 6.45) is 0. The first kappa shape index (κ1) is 23.0. The number of carboxylic acids is 2. The minimum absolute atomic E-state index is 0. The van der Waals surface area contributed by atoms with Crippen molar-refractivity contribution in [2.24, 2.45) is 0 Å². The van der Waals surface area contributed by atoms with Gasteiger partial charge in [-0.25, -0.2) is 9.59 Å². The van der Waals surface area contributed by atoms with Crippen LogP contribution in [0.5, 0.6) is 0 Å². The Morgan fingerprint density at radius 2 is 1.22 bits per heavy atom. The second-order valence-electron chi connectivity index (χ2n) is 3.84. The second-order valence-corrected chi connectivity index (χ2v) is 8.78. The van der Waals surface area contributed by atoms with Crippen LogP contribution < -0.4 is 1.33 Å². The number of benzene rings is 2. The zero-order valence-corrected chi connectivity index (χ0v) is 21.1. The van der Waals surface area contributed by atoms with Crippen molar-refractivity contribution in [3.63, 3.8) is 0 Å². The number of hydrogen-bond acceptors (Lipinski definition) is 3. The fraction of sp³-hybridized carbons (Fsp3) is 0. The van der Waals surface area contributed by atoms with E-state index in [0.717, 1.165) is 0 Å². The molecule has 5 nitrogen and oxygen atoms in total. The Labute approximate surface area is 187 Å². The standard InChI is InChI=1S/C8H6O4.C6H4I3N.Zn/c9-7(10)5-3-1-2-4-6(5)8(11)12;7-5-3-1-2-4-6(5)10(8)9;/h1-4H,(H,9,10)(H,11,12);1-4H;. The number of carboxylic acid groups (broad SMARTS) is 2.